The third-order valence-corrected chi connectivity index (χ3v) is 2.99. The van der Waals surface area contributed by atoms with Crippen molar-refractivity contribution in [3.8, 4) is 11.8 Å². The highest BCUT2D eigenvalue weighted by atomic mass is 35.5. The van der Waals surface area contributed by atoms with Gasteiger partial charge in [-0.3, -0.25) is 4.79 Å². The Bertz CT molecular complexity index is 741. The molecule has 2 aromatic carbocycles. The van der Waals surface area contributed by atoms with Crippen molar-refractivity contribution in [1.82, 2.24) is 0 Å². The van der Waals surface area contributed by atoms with Crippen LogP contribution in [0.2, 0.25) is 5.02 Å². The monoisotopic (exact) mass is 304 g/mol. The van der Waals surface area contributed by atoms with Gasteiger partial charge in [0.2, 0.25) is 0 Å². The van der Waals surface area contributed by atoms with E-state index in [4.69, 9.17) is 21.6 Å². The Morgan fingerprint density at radius 3 is 2.71 bits per heavy atom. The minimum atomic E-state index is -0.691. The van der Waals surface area contributed by atoms with Crippen molar-refractivity contribution in [3.63, 3.8) is 0 Å². The van der Waals surface area contributed by atoms with E-state index in [9.17, 15) is 9.18 Å². The van der Waals surface area contributed by atoms with E-state index in [1.165, 1.54) is 25.3 Å². The fourth-order valence-corrected chi connectivity index (χ4v) is 1.91. The van der Waals surface area contributed by atoms with E-state index < -0.39 is 11.7 Å². The first kappa shape index (κ1) is 14.8. The lowest BCUT2D eigenvalue weighted by molar-refractivity contribution is 0.102. The third-order valence-electron chi connectivity index (χ3n) is 2.75. The van der Waals surface area contributed by atoms with E-state index >= 15 is 0 Å². The summed E-state index contributed by atoms with van der Waals surface area (Å²) in [5.41, 5.74) is 0.334. The molecule has 1 amide bonds. The summed E-state index contributed by atoms with van der Waals surface area (Å²) in [4.78, 5) is 12.2. The highest BCUT2D eigenvalue weighted by molar-refractivity contribution is 6.31. The second kappa shape index (κ2) is 6.25. The molecule has 0 saturated heterocycles. The third kappa shape index (κ3) is 3.30. The zero-order valence-electron chi connectivity index (χ0n) is 11.0. The van der Waals surface area contributed by atoms with Gasteiger partial charge in [-0.25, -0.2) is 4.39 Å². The minimum absolute atomic E-state index is 0.0268. The number of carbonyl (C=O) groups excluding carboxylic acids is 1. The molecule has 0 aliphatic rings. The Morgan fingerprint density at radius 2 is 2.10 bits per heavy atom. The summed E-state index contributed by atoms with van der Waals surface area (Å²) in [5, 5.41) is 11.5. The van der Waals surface area contributed by atoms with Crippen LogP contribution in [-0.2, 0) is 0 Å². The number of rotatable bonds is 3. The summed E-state index contributed by atoms with van der Waals surface area (Å²) in [6, 6.07) is 10.2. The van der Waals surface area contributed by atoms with Gasteiger partial charge in [0.1, 0.15) is 11.6 Å². The Hall–Kier alpha value is -2.58. The Balaban J connectivity index is 2.30. The number of halogens is 2. The number of nitrogens with one attached hydrogen (secondary N) is 1. The molecule has 6 heteroatoms. The molecule has 0 fully saturated rings. The van der Waals surface area contributed by atoms with Gasteiger partial charge in [0, 0.05) is 5.02 Å². The van der Waals surface area contributed by atoms with Crippen molar-refractivity contribution in [3.05, 3.63) is 58.4 Å². The molecule has 0 saturated carbocycles. The van der Waals surface area contributed by atoms with Crippen LogP contribution in [-0.4, -0.2) is 13.0 Å². The quantitative estimate of drug-likeness (QED) is 0.942. The Morgan fingerprint density at radius 1 is 1.33 bits per heavy atom. The normalized spacial score (nSPS) is 9.81. The predicted octanol–water partition coefficient (Wildman–Crippen LogP) is 3.61. The Labute approximate surface area is 125 Å². The summed E-state index contributed by atoms with van der Waals surface area (Å²) in [5.74, 6) is -0.924. The molecular formula is C15H10ClFN2O2. The first-order valence-electron chi connectivity index (χ1n) is 5.89. The number of anilines is 1. The van der Waals surface area contributed by atoms with Crippen molar-refractivity contribution < 1.29 is 13.9 Å². The van der Waals surface area contributed by atoms with Crippen LogP contribution in [0.5, 0.6) is 5.75 Å². The molecule has 2 rings (SSSR count). The van der Waals surface area contributed by atoms with Crippen LogP contribution < -0.4 is 10.1 Å². The van der Waals surface area contributed by atoms with Crippen LogP contribution in [0.15, 0.2) is 36.4 Å². The van der Waals surface area contributed by atoms with Gasteiger partial charge in [0.15, 0.2) is 0 Å². The van der Waals surface area contributed by atoms with Crippen molar-refractivity contribution in [1.29, 1.82) is 5.26 Å². The Kier molecular flexibility index (Phi) is 4.41. The summed E-state index contributed by atoms with van der Waals surface area (Å²) in [6.45, 7) is 0. The summed E-state index contributed by atoms with van der Waals surface area (Å²) in [7, 11) is 1.42. The lowest BCUT2D eigenvalue weighted by atomic mass is 10.1. The molecular weight excluding hydrogens is 295 g/mol. The van der Waals surface area contributed by atoms with Crippen molar-refractivity contribution in [2.75, 3.05) is 12.4 Å². The molecule has 0 aliphatic carbocycles. The van der Waals surface area contributed by atoms with Gasteiger partial charge in [-0.1, -0.05) is 11.6 Å². The molecule has 0 spiro atoms. The van der Waals surface area contributed by atoms with Crippen LogP contribution in [0.1, 0.15) is 15.9 Å². The number of hydrogen-bond donors (Lipinski definition) is 1. The van der Waals surface area contributed by atoms with Gasteiger partial charge in [-0.05, 0) is 36.4 Å². The highest BCUT2D eigenvalue weighted by Crippen LogP contribution is 2.24. The lowest BCUT2D eigenvalue weighted by Crippen LogP contribution is -2.14. The maximum absolute atomic E-state index is 13.8. The molecule has 0 aliphatic heterocycles. The van der Waals surface area contributed by atoms with Crippen molar-refractivity contribution in [2.45, 2.75) is 0 Å². The molecule has 0 atom stereocenters. The van der Waals surface area contributed by atoms with E-state index in [1.54, 1.807) is 12.1 Å². The zero-order valence-corrected chi connectivity index (χ0v) is 11.7. The van der Waals surface area contributed by atoms with Gasteiger partial charge in [0.05, 0.1) is 30.0 Å². The van der Waals surface area contributed by atoms with E-state index in [-0.39, 0.29) is 16.8 Å². The number of hydrogen-bond acceptors (Lipinski definition) is 3. The van der Waals surface area contributed by atoms with E-state index in [0.29, 0.717) is 10.8 Å². The molecule has 0 radical (unpaired) electrons. The smallest absolute Gasteiger partial charge is 0.259 e. The summed E-state index contributed by atoms with van der Waals surface area (Å²) >= 11 is 5.85. The predicted molar refractivity (Wildman–Crippen MR) is 77.1 cm³/mol. The molecule has 0 unspecified atom stereocenters. The molecule has 106 valence electrons. The lowest BCUT2D eigenvalue weighted by Gasteiger charge is -2.10. The fourth-order valence-electron chi connectivity index (χ4n) is 1.73. The number of amides is 1. The van der Waals surface area contributed by atoms with Crippen LogP contribution in [0.25, 0.3) is 0 Å². The number of nitriles is 1. The number of ether oxygens (including phenoxy) is 1. The molecule has 0 heterocycles. The molecule has 0 bridgehead atoms. The van der Waals surface area contributed by atoms with Gasteiger partial charge in [0.25, 0.3) is 5.91 Å². The van der Waals surface area contributed by atoms with Crippen LogP contribution >= 0.6 is 11.6 Å². The second-order valence-corrected chi connectivity index (χ2v) is 4.54. The average Bonchev–Trinajstić information content (AvgIpc) is 2.49. The standard InChI is InChI=1S/C15H10ClFN2O2/c1-21-14-5-3-10(16)7-11(14)15(20)19-13-4-2-9(8-18)6-12(13)17/h2-7H,1H3,(H,19,20). The molecule has 21 heavy (non-hydrogen) atoms. The topological polar surface area (TPSA) is 62.1 Å². The molecule has 0 aromatic heterocycles. The van der Waals surface area contributed by atoms with E-state index in [2.05, 4.69) is 5.32 Å². The van der Waals surface area contributed by atoms with Gasteiger partial charge >= 0.3 is 0 Å². The highest BCUT2D eigenvalue weighted by Gasteiger charge is 2.15. The minimum Gasteiger partial charge on any atom is -0.496 e. The van der Waals surface area contributed by atoms with Crippen LogP contribution in [0.3, 0.4) is 0 Å². The van der Waals surface area contributed by atoms with E-state index in [1.807, 2.05) is 6.07 Å². The summed E-state index contributed by atoms with van der Waals surface area (Å²) < 4.78 is 18.8. The zero-order chi connectivity index (χ0) is 15.4. The fraction of sp³-hybridized carbons (Fsp3) is 0.0667. The van der Waals surface area contributed by atoms with Gasteiger partial charge in [-0.2, -0.15) is 5.26 Å². The van der Waals surface area contributed by atoms with Gasteiger partial charge in [-0.15, -0.1) is 0 Å². The van der Waals surface area contributed by atoms with E-state index in [0.717, 1.165) is 6.07 Å². The molecule has 4 nitrogen and oxygen atoms in total. The van der Waals surface area contributed by atoms with Gasteiger partial charge < -0.3 is 10.1 Å². The largest absolute Gasteiger partial charge is 0.496 e. The SMILES string of the molecule is COc1ccc(Cl)cc1C(=O)Nc1ccc(C#N)cc1F. The maximum atomic E-state index is 13.8. The van der Waals surface area contributed by atoms with Crippen LogP contribution in [0, 0.1) is 17.1 Å². The molecule has 1 N–H and O–H groups in total. The first-order chi connectivity index (χ1) is 10.0. The van der Waals surface area contributed by atoms with Crippen LogP contribution in [0.4, 0.5) is 10.1 Å². The van der Waals surface area contributed by atoms with Crippen molar-refractivity contribution >= 4 is 23.2 Å². The number of nitrogens with zero attached hydrogens (tertiary/aromatic N) is 1. The first-order valence-corrected chi connectivity index (χ1v) is 6.27. The second-order valence-electron chi connectivity index (χ2n) is 4.11. The molecule has 2 aromatic rings. The number of carbonyl (C=O) groups is 1. The summed E-state index contributed by atoms with van der Waals surface area (Å²) in [6.07, 6.45) is 0. The maximum Gasteiger partial charge on any atom is 0.259 e. The number of benzene rings is 2. The average molecular weight is 305 g/mol. The van der Waals surface area contributed by atoms with Crippen molar-refractivity contribution in [2.24, 2.45) is 0 Å². The number of methoxy groups -OCH3 is 1.